The fourth-order valence-electron chi connectivity index (χ4n) is 5.44. The van der Waals surface area contributed by atoms with Gasteiger partial charge in [-0.1, -0.05) is 36.4 Å². The van der Waals surface area contributed by atoms with Crippen molar-refractivity contribution in [2.75, 3.05) is 11.9 Å². The van der Waals surface area contributed by atoms with E-state index in [1.54, 1.807) is 18.3 Å². The molecule has 2 aromatic heterocycles. The Kier molecular flexibility index (Phi) is 7.66. The molecule has 0 radical (unpaired) electrons. The lowest BCUT2D eigenvalue weighted by Gasteiger charge is -2.28. The van der Waals surface area contributed by atoms with Gasteiger partial charge in [0.05, 0.1) is 29.0 Å². The van der Waals surface area contributed by atoms with Crippen LogP contribution in [-0.4, -0.2) is 43.1 Å². The van der Waals surface area contributed by atoms with E-state index >= 15 is 0 Å². The topological polar surface area (TPSA) is 99.5 Å². The molecule has 9 heteroatoms. The molecule has 0 saturated carbocycles. The Bertz CT molecular complexity index is 1580. The molecule has 0 bridgehead atoms. The summed E-state index contributed by atoms with van der Waals surface area (Å²) in [6.45, 7) is 6.31. The number of pyridine rings is 1. The normalized spacial score (nSPS) is 16.6. The number of nitrogens with one attached hydrogen (secondary N) is 2. The smallest absolute Gasteiger partial charge is 0.337 e. The second kappa shape index (κ2) is 11.3. The van der Waals surface area contributed by atoms with Crippen molar-refractivity contribution >= 4 is 34.9 Å². The molecule has 4 aromatic rings. The van der Waals surface area contributed by atoms with Crippen LogP contribution in [0.25, 0.3) is 5.69 Å². The third-order valence-electron chi connectivity index (χ3n) is 7.36. The van der Waals surface area contributed by atoms with Crippen LogP contribution in [0.3, 0.4) is 0 Å². The molecule has 2 atom stereocenters. The third kappa shape index (κ3) is 5.20. The number of hydrogen-bond acceptors (Lipinski definition) is 4. The van der Waals surface area contributed by atoms with Gasteiger partial charge in [0.1, 0.15) is 0 Å². The summed E-state index contributed by atoms with van der Waals surface area (Å²) in [5.41, 5.74) is 6.23. The fourth-order valence-corrected chi connectivity index (χ4v) is 5.77. The summed E-state index contributed by atoms with van der Waals surface area (Å²) < 4.78 is 1.97. The molecular weight excluding hydrogens is 522 g/mol. The van der Waals surface area contributed by atoms with E-state index in [1.807, 2.05) is 84.8 Å². The van der Waals surface area contributed by atoms with Crippen LogP contribution in [0.1, 0.15) is 57.1 Å². The largest absolute Gasteiger partial charge is 0.478 e. The van der Waals surface area contributed by atoms with E-state index in [-0.39, 0.29) is 30.0 Å². The van der Waals surface area contributed by atoms with Gasteiger partial charge in [-0.05, 0) is 80.5 Å². The zero-order valence-corrected chi connectivity index (χ0v) is 23.4. The van der Waals surface area contributed by atoms with Crippen molar-refractivity contribution < 1.29 is 14.7 Å². The minimum atomic E-state index is -0.985. The van der Waals surface area contributed by atoms with E-state index in [0.717, 1.165) is 33.9 Å². The first kappa shape index (κ1) is 27.1. The highest BCUT2D eigenvalue weighted by atomic mass is 32.1. The van der Waals surface area contributed by atoms with Crippen LogP contribution < -0.4 is 10.6 Å². The summed E-state index contributed by atoms with van der Waals surface area (Å²) in [6.07, 6.45) is 1.99. The molecule has 0 spiro atoms. The number of rotatable bonds is 8. The molecule has 2 unspecified atom stereocenters. The van der Waals surface area contributed by atoms with Gasteiger partial charge in [0.2, 0.25) is 5.91 Å². The number of carbonyl (C=O) groups excluding carboxylic acids is 1. The van der Waals surface area contributed by atoms with Gasteiger partial charge in [-0.3, -0.25) is 9.78 Å². The molecule has 1 saturated heterocycles. The summed E-state index contributed by atoms with van der Waals surface area (Å²) in [7, 11) is 0. The molecule has 3 heterocycles. The van der Waals surface area contributed by atoms with Crippen molar-refractivity contribution in [1.29, 1.82) is 0 Å². The molecule has 2 aromatic carbocycles. The number of thiocarbonyl (C=S) groups is 1. The molecule has 40 heavy (non-hydrogen) atoms. The van der Waals surface area contributed by atoms with Crippen LogP contribution in [0.5, 0.6) is 0 Å². The Morgan fingerprint density at radius 2 is 1.75 bits per heavy atom. The maximum absolute atomic E-state index is 13.0. The predicted octanol–water partition coefficient (Wildman–Crippen LogP) is 5.50. The highest BCUT2D eigenvalue weighted by molar-refractivity contribution is 7.80. The van der Waals surface area contributed by atoms with Gasteiger partial charge in [0.15, 0.2) is 5.11 Å². The molecule has 1 fully saturated rings. The zero-order chi connectivity index (χ0) is 28.4. The first-order valence-electron chi connectivity index (χ1n) is 13.1. The third-order valence-corrected chi connectivity index (χ3v) is 7.71. The van der Waals surface area contributed by atoms with Crippen molar-refractivity contribution in [1.82, 2.24) is 19.8 Å². The summed E-state index contributed by atoms with van der Waals surface area (Å²) in [6, 6.07) is 22.0. The number of hydrogen-bond donors (Lipinski definition) is 3. The van der Waals surface area contributed by atoms with Crippen molar-refractivity contribution in [2.45, 2.75) is 39.3 Å². The quantitative estimate of drug-likeness (QED) is 0.248. The van der Waals surface area contributed by atoms with Gasteiger partial charge in [-0.2, -0.15) is 0 Å². The van der Waals surface area contributed by atoms with E-state index in [1.165, 1.54) is 0 Å². The number of nitrogens with zero attached hydrogens (tertiary/aromatic N) is 3. The number of para-hydroxylation sites is 2. The first-order chi connectivity index (χ1) is 19.3. The second-order valence-electron chi connectivity index (χ2n) is 9.92. The highest BCUT2D eigenvalue weighted by Gasteiger charge is 2.41. The number of anilines is 1. The number of carboxylic acids is 1. The Labute approximate surface area is 238 Å². The maximum atomic E-state index is 13.0. The zero-order valence-electron chi connectivity index (χ0n) is 22.6. The van der Waals surface area contributed by atoms with Crippen LogP contribution in [0.2, 0.25) is 0 Å². The first-order valence-corrected chi connectivity index (χ1v) is 13.5. The van der Waals surface area contributed by atoms with Crippen molar-refractivity contribution in [3.63, 3.8) is 0 Å². The molecule has 0 aliphatic carbocycles. The van der Waals surface area contributed by atoms with Crippen LogP contribution in [0.15, 0.2) is 79.0 Å². The predicted molar refractivity (Wildman–Crippen MR) is 159 cm³/mol. The van der Waals surface area contributed by atoms with Crippen molar-refractivity contribution in [3.8, 4) is 5.69 Å². The second-order valence-corrected chi connectivity index (χ2v) is 10.3. The summed E-state index contributed by atoms with van der Waals surface area (Å²) in [5.74, 6) is -1.08. The fraction of sp³-hybridized carbons (Fsp3) is 0.226. The van der Waals surface area contributed by atoms with Gasteiger partial charge < -0.3 is 25.2 Å². The lowest BCUT2D eigenvalue weighted by molar-refractivity contribution is -0.116. The van der Waals surface area contributed by atoms with E-state index in [0.29, 0.717) is 17.3 Å². The Morgan fingerprint density at radius 3 is 2.48 bits per heavy atom. The standard InChI is InChI=1S/C31H31N5O3S/c1-19-10-4-6-12-24(19)33-27(37)15-17-35-29(28(34-31(35)40)25-13-8-9-16-32-25)23-18-20(2)36(21(23)3)26-14-7-5-11-22(26)30(38)39/h4-14,16,18,28-29H,15,17H2,1-3H3,(H,33,37)(H,34,40)(H,38,39). The monoisotopic (exact) mass is 553 g/mol. The molecule has 1 aliphatic rings. The summed E-state index contributed by atoms with van der Waals surface area (Å²) >= 11 is 5.80. The minimum absolute atomic E-state index is 0.0991. The van der Waals surface area contributed by atoms with Gasteiger partial charge in [-0.25, -0.2) is 4.79 Å². The lowest BCUT2D eigenvalue weighted by Crippen LogP contribution is -2.33. The van der Waals surface area contributed by atoms with E-state index in [9.17, 15) is 14.7 Å². The number of amides is 1. The number of aryl methyl sites for hydroxylation is 2. The van der Waals surface area contributed by atoms with Crippen molar-refractivity contribution in [2.24, 2.45) is 0 Å². The van der Waals surface area contributed by atoms with E-state index in [4.69, 9.17) is 12.2 Å². The van der Waals surface area contributed by atoms with E-state index in [2.05, 4.69) is 21.7 Å². The average Bonchev–Trinajstić information content (AvgIpc) is 3.43. The molecule has 3 N–H and O–H groups in total. The number of carboxylic acid groups (broad SMARTS) is 1. The average molecular weight is 554 g/mol. The molecule has 1 aliphatic heterocycles. The van der Waals surface area contributed by atoms with Crippen LogP contribution in [-0.2, 0) is 4.79 Å². The van der Waals surface area contributed by atoms with Gasteiger partial charge in [0.25, 0.3) is 0 Å². The Morgan fingerprint density at radius 1 is 1.02 bits per heavy atom. The number of aromatic nitrogens is 2. The molecular formula is C31H31N5O3S. The van der Waals surface area contributed by atoms with Gasteiger partial charge in [0, 0.05) is 36.2 Å². The summed E-state index contributed by atoms with van der Waals surface area (Å²) in [5, 5.41) is 16.8. The number of aromatic carboxylic acids is 1. The van der Waals surface area contributed by atoms with Crippen molar-refractivity contribution in [3.05, 3.63) is 113 Å². The Balaban J connectivity index is 1.51. The maximum Gasteiger partial charge on any atom is 0.337 e. The molecule has 5 rings (SSSR count). The van der Waals surface area contributed by atoms with Crippen LogP contribution in [0, 0.1) is 20.8 Å². The molecule has 8 nitrogen and oxygen atoms in total. The van der Waals surface area contributed by atoms with Crippen LogP contribution >= 0.6 is 12.2 Å². The number of benzene rings is 2. The van der Waals surface area contributed by atoms with Gasteiger partial charge in [-0.15, -0.1) is 0 Å². The van der Waals surface area contributed by atoms with Crippen LogP contribution in [0.4, 0.5) is 5.69 Å². The summed E-state index contributed by atoms with van der Waals surface area (Å²) in [4.78, 5) is 31.6. The van der Waals surface area contributed by atoms with E-state index < -0.39 is 5.97 Å². The van der Waals surface area contributed by atoms with Gasteiger partial charge >= 0.3 is 5.97 Å². The molecule has 204 valence electrons. The SMILES string of the molecule is Cc1ccccc1NC(=O)CCN1C(=S)NC(c2ccccn2)C1c1cc(C)n(-c2ccccc2C(=O)O)c1C. The minimum Gasteiger partial charge on any atom is -0.478 e. The Hall–Kier alpha value is -4.50. The highest BCUT2D eigenvalue weighted by Crippen LogP contribution is 2.41. The molecule has 1 amide bonds. The number of carbonyl (C=O) groups is 2. The lowest BCUT2D eigenvalue weighted by atomic mass is 9.96.